The first kappa shape index (κ1) is 25.3. The maximum atomic E-state index is 13.3. The summed E-state index contributed by atoms with van der Waals surface area (Å²) in [6.07, 6.45) is -0.598. The highest BCUT2D eigenvalue weighted by molar-refractivity contribution is 7.92. The minimum absolute atomic E-state index is 0.179. The van der Waals surface area contributed by atoms with Crippen LogP contribution in [-0.4, -0.2) is 37.1 Å². The summed E-state index contributed by atoms with van der Waals surface area (Å²) >= 11 is 5.85. The number of hydrogen-bond acceptors (Lipinski definition) is 3. The van der Waals surface area contributed by atoms with Gasteiger partial charge >= 0.3 is 6.18 Å². The molecule has 0 N–H and O–H groups in total. The highest BCUT2D eigenvalue weighted by atomic mass is 35.5. The molecule has 1 aliphatic rings. The predicted octanol–water partition coefficient (Wildman–Crippen LogP) is 5.86. The van der Waals surface area contributed by atoms with E-state index in [1.165, 1.54) is 12.1 Å². The smallest absolute Gasteiger partial charge is 0.339 e. The highest BCUT2D eigenvalue weighted by Gasteiger charge is 2.44. The summed E-state index contributed by atoms with van der Waals surface area (Å²) in [7, 11) is -4.04. The Bertz CT molecular complexity index is 1130. The van der Waals surface area contributed by atoms with Gasteiger partial charge in [-0.1, -0.05) is 29.8 Å². The van der Waals surface area contributed by atoms with Crippen molar-refractivity contribution in [2.24, 2.45) is 5.92 Å². The maximum Gasteiger partial charge on any atom is 0.416 e. The summed E-state index contributed by atoms with van der Waals surface area (Å²) in [5.74, 6) is -0.483. The average molecular weight is 500 g/mol. The number of halogens is 4. The van der Waals surface area contributed by atoms with Crippen LogP contribution in [0.1, 0.15) is 37.8 Å². The zero-order chi connectivity index (χ0) is 24.4. The largest absolute Gasteiger partial charge is 0.416 e. The van der Waals surface area contributed by atoms with Crippen LogP contribution in [-0.2, 0) is 20.8 Å². The van der Waals surface area contributed by atoms with Gasteiger partial charge in [-0.25, -0.2) is 8.42 Å². The quantitative estimate of drug-likeness (QED) is 0.484. The van der Waals surface area contributed by atoms with Gasteiger partial charge in [0.1, 0.15) is 0 Å². The van der Waals surface area contributed by atoms with Crippen LogP contribution in [0.15, 0.2) is 59.5 Å². The molecule has 0 radical (unpaired) electrons. The third-order valence-corrected chi connectivity index (χ3v) is 9.09. The van der Waals surface area contributed by atoms with E-state index in [1.54, 1.807) is 49.1 Å². The number of carbonyl (C=O) groups excluding carboxylic acids is 1. The van der Waals surface area contributed by atoms with Crippen LogP contribution in [0.25, 0.3) is 6.08 Å². The Balaban J connectivity index is 1.69. The fourth-order valence-electron chi connectivity index (χ4n) is 4.00. The van der Waals surface area contributed by atoms with Crippen molar-refractivity contribution < 1.29 is 26.4 Å². The molecule has 3 rings (SSSR count). The molecule has 0 aliphatic carbocycles. The van der Waals surface area contributed by atoms with Gasteiger partial charge in [-0.05, 0) is 74.6 Å². The van der Waals surface area contributed by atoms with E-state index in [2.05, 4.69) is 0 Å². The number of rotatable bonds is 5. The Morgan fingerprint density at radius 3 is 2.24 bits per heavy atom. The van der Waals surface area contributed by atoms with Crippen LogP contribution in [0.5, 0.6) is 0 Å². The Morgan fingerprint density at radius 1 is 1.06 bits per heavy atom. The molecule has 9 heteroatoms. The van der Waals surface area contributed by atoms with E-state index in [1.807, 2.05) is 0 Å². The second-order valence-electron chi connectivity index (χ2n) is 8.62. The molecule has 0 saturated carbocycles. The average Bonchev–Trinajstić information content (AvgIpc) is 2.78. The second kappa shape index (κ2) is 9.50. The van der Waals surface area contributed by atoms with Gasteiger partial charge in [0.2, 0.25) is 5.91 Å². The fraction of sp³-hybridized carbons (Fsp3) is 0.375. The SMILES string of the molecule is CC(C)(C1CCN(C(=O)/C=C/c2ccc(Cl)cc2)CC1)S(=O)(=O)c1cccc(C(F)(F)F)c1. The normalized spacial score (nSPS) is 16.4. The Labute approximate surface area is 197 Å². The van der Waals surface area contributed by atoms with Crippen molar-refractivity contribution in [3.63, 3.8) is 0 Å². The first-order valence-electron chi connectivity index (χ1n) is 10.5. The van der Waals surface area contributed by atoms with Crippen molar-refractivity contribution in [3.8, 4) is 0 Å². The van der Waals surface area contributed by atoms with Crippen molar-refractivity contribution in [2.45, 2.75) is 42.5 Å². The lowest BCUT2D eigenvalue weighted by molar-refractivity contribution is -0.137. The highest BCUT2D eigenvalue weighted by Crippen LogP contribution is 2.39. The van der Waals surface area contributed by atoms with E-state index in [0.29, 0.717) is 37.0 Å². The minimum atomic E-state index is -4.62. The second-order valence-corrected chi connectivity index (χ2v) is 11.6. The minimum Gasteiger partial charge on any atom is -0.339 e. The van der Waals surface area contributed by atoms with E-state index in [-0.39, 0.29) is 16.7 Å². The molecule has 0 spiro atoms. The van der Waals surface area contributed by atoms with Crippen LogP contribution in [0.4, 0.5) is 13.2 Å². The third-order valence-electron chi connectivity index (χ3n) is 6.24. The Hall–Kier alpha value is -2.32. The molecule has 4 nitrogen and oxygen atoms in total. The molecule has 2 aromatic carbocycles. The molecular formula is C24H25ClF3NO3S. The number of alkyl halides is 3. The van der Waals surface area contributed by atoms with Crippen molar-refractivity contribution in [1.82, 2.24) is 4.90 Å². The standard InChI is InChI=1S/C24H25ClF3NO3S/c1-23(2,33(31,32)21-5-3-4-19(16-21)24(26,27)28)18-12-14-29(15-13-18)22(30)11-8-17-6-9-20(25)10-7-17/h3-11,16,18H,12-15H2,1-2H3/b11-8+. The summed E-state index contributed by atoms with van der Waals surface area (Å²) < 4.78 is 64.5. The molecule has 2 aromatic rings. The lowest BCUT2D eigenvalue weighted by atomic mass is 9.86. The summed E-state index contributed by atoms with van der Waals surface area (Å²) in [6, 6.07) is 10.9. The lowest BCUT2D eigenvalue weighted by Gasteiger charge is -2.40. The molecule has 0 atom stereocenters. The Kier molecular flexibility index (Phi) is 7.29. The summed E-state index contributed by atoms with van der Waals surface area (Å²) in [5.41, 5.74) is -0.164. The zero-order valence-electron chi connectivity index (χ0n) is 18.3. The molecule has 1 heterocycles. The predicted molar refractivity (Wildman–Crippen MR) is 122 cm³/mol. The summed E-state index contributed by atoms with van der Waals surface area (Å²) in [6.45, 7) is 3.84. The number of carbonyl (C=O) groups is 1. The van der Waals surface area contributed by atoms with Crippen molar-refractivity contribution in [2.75, 3.05) is 13.1 Å². The van der Waals surface area contributed by atoms with Crippen LogP contribution in [0, 0.1) is 5.92 Å². The van der Waals surface area contributed by atoms with Crippen LogP contribution in [0.3, 0.4) is 0 Å². The van der Waals surface area contributed by atoms with Gasteiger partial charge in [-0.15, -0.1) is 0 Å². The lowest BCUT2D eigenvalue weighted by Crippen LogP contribution is -2.47. The number of piperidine rings is 1. The molecule has 0 aromatic heterocycles. The van der Waals surface area contributed by atoms with Gasteiger partial charge in [0.15, 0.2) is 9.84 Å². The van der Waals surface area contributed by atoms with Crippen molar-refractivity contribution in [3.05, 3.63) is 70.8 Å². The third kappa shape index (κ3) is 5.61. The molecule has 1 fully saturated rings. The fourth-order valence-corrected chi connectivity index (χ4v) is 5.95. The monoisotopic (exact) mass is 499 g/mol. The van der Waals surface area contributed by atoms with Gasteiger partial charge in [0.25, 0.3) is 0 Å². The van der Waals surface area contributed by atoms with Crippen molar-refractivity contribution in [1.29, 1.82) is 0 Å². The number of amides is 1. The van der Waals surface area contributed by atoms with E-state index >= 15 is 0 Å². The summed E-state index contributed by atoms with van der Waals surface area (Å²) in [5, 5.41) is 0.600. The molecule has 33 heavy (non-hydrogen) atoms. The number of likely N-dealkylation sites (tertiary alicyclic amines) is 1. The van der Waals surface area contributed by atoms with E-state index < -0.39 is 26.3 Å². The molecule has 178 valence electrons. The van der Waals surface area contributed by atoms with Gasteiger partial charge in [0, 0.05) is 24.2 Å². The molecule has 0 unspecified atom stereocenters. The molecule has 1 aliphatic heterocycles. The molecule has 1 amide bonds. The van der Waals surface area contributed by atoms with Gasteiger partial charge < -0.3 is 4.90 Å². The van der Waals surface area contributed by atoms with Crippen LogP contribution < -0.4 is 0 Å². The topological polar surface area (TPSA) is 54.5 Å². The number of benzene rings is 2. The Morgan fingerprint density at radius 2 is 1.67 bits per heavy atom. The van der Waals surface area contributed by atoms with Gasteiger partial charge in [-0.2, -0.15) is 13.2 Å². The maximum absolute atomic E-state index is 13.3. The number of hydrogen-bond donors (Lipinski definition) is 0. The van der Waals surface area contributed by atoms with Gasteiger partial charge in [-0.3, -0.25) is 4.79 Å². The number of sulfone groups is 1. The molecular weight excluding hydrogens is 475 g/mol. The first-order chi connectivity index (χ1) is 15.3. The molecule has 1 saturated heterocycles. The van der Waals surface area contributed by atoms with E-state index in [0.717, 1.165) is 17.7 Å². The van der Waals surface area contributed by atoms with Gasteiger partial charge in [0.05, 0.1) is 15.2 Å². The number of nitrogens with zero attached hydrogens (tertiary/aromatic N) is 1. The molecule has 0 bridgehead atoms. The van der Waals surface area contributed by atoms with Crippen LogP contribution >= 0.6 is 11.6 Å². The van der Waals surface area contributed by atoms with E-state index in [9.17, 15) is 26.4 Å². The zero-order valence-corrected chi connectivity index (χ0v) is 19.8. The summed E-state index contributed by atoms with van der Waals surface area (Å²) in [4.78, 5) is 13.8. The van der Waals surface area contributed by atoms with Crippen LogP contribution in [0.2, 0.25) is 5.02 Å². The van der Waals surface area contributed by atoms with E-state index in [4.69, 9.17) is 11.6 Å². The van der Waals surface area contributed by atoms with Crippen molar-refractivity contribution >= 4 is 33.4 Å². The first-order valence-corrected chi connectivity index (χ1v) is 12.3.